The van der Waals surface area contributed by atoms with Crippen molar-refractivity contribution >= 4 is 17.1 Å². The fourth-order valence-electron chi connectivity index (χ4n) is 9.18. The third-order valence-electron chi connectivity index (χ3n) is 11.6. The molecule has 0 aromatic heterocycles. The van der Waals surface area contributed by atoms with Gasteiger partial charge in [-0.3, -0.25) is 0 Å². The second-order valence-electron chi connectivity index (χ2n) is 14.9. The van der Waals surface area contributed by atoms with Crippen LogP contribution in [-0.4, -0.2) is 0 Å². The summed E-state index contributed by atoms with van der Waals surface area (Å²) >= 11 is 0. The van der Waals surface area contributed by atoms with Crippen LogP contribution in [0.1, 0.15) is 47.2 Å². The van der Waals surface area contributed by atoms with E-state index in [0.29, 0.717) is 0 Å². The van der Waals surface area contributed by atoms with Crippen LogP contribution in [0.2, 0.25) is 0 Å². The Morgan fingerprint density at radius 1 is 0.389 bits per heavy atom. The average molecular weight is 694 g/mol. The minimum absolute atomic E-state index is 0.308. The zero-order valence-electron chi connectivity index (χ0n) is 30.4. The number of para-hydroxylation sites is 1. The van der Waals surface area contributed by atoms with Gasteiger partial charge in [0.05, 0.1) is 11.1 Å². The summed E-state index contributed by atoms with van der Waals surface area (Å²) < 4.78 is 6.64. The molecule has 1 heterocycles. The molecule has 0 radical (unpaired) electrons. The normalized spacial score (nSPS) is 14.2. The zero-order chi connectivity index (χ0) is 36.3. The van der Waals surface area contributed by atoms with Crippen molar-refractivity contribution < 1.29 is 4.74 Å². The standard InChI is InChI=1S/C52H39NO/c1-51(2)46-24-13-14-26-48(46)54-49-27-15-25-47(50(49)51)53(40-32-28-37(29-33-40)36-16-5-3-6-17-36)41-34-30-39(31-35-41)52(38-18-7-4-8-19-38)44-22-11-9-20-42(44)43-21-10-12-23-45(43)52/h3-35H,1-2H3. The molecule has 54 heavy (non-hydrogen) atoms. The Hall–Kier alpha value is -6.64. The van der Waals surface area contributed by atoms with Crippen molar-refractivity contribution in [3.8, 4) is 33.8 Å². The topological polar surface area (TPSA) is 12.5 Å². The summed E-state index contributed by atoms with van der Waals surface area (Å²) in [4.78, 5) is 2.40. The maximum Gasteiger partial charge on any atom is 0.133 e. The number of hydrogen-bond donors (Lipinski definition) is 0. The summed E-state index contributed by atoms with van der Waals surface area (Å²) in [5.41, 5.74) is 14.9. The molecular formula is C52H39NO. The summed E-state index contributed by atoms with van der Waals surface area (Å²) in [6.45, 7) is 4.63. The van der Waals surface area contributed by atoms with Gasteiger partial charge in [0.25, 0.3) is 0 Å². The number of anilines is 3. The molecular weight excluding hydrogens is 655 g/mol. The molecule has 0 atom stereocenters. The van der Waals surface area contributed by atoms with E-state index >= 15 is 0 Å². The molecule has 0 amide bonds. The van der Waals surface area contributed by atoms with E-state index in [-0.39, 0.29) is 5.41 Å². The van der Waals surface area contributed by atoms with Crippen LogP contribution < -0.4 is 9.64 Å². The SMILES string of the molecule is CC1(C)c2ccccc2Oc2cccc(N(c3ccc(-c4ccccc4)cc3)c3ccc(C4(c5ccccc5)c5ccccc5-c5ccccc54)cc3)c21. The van der Waals surface area contributed by atoms with Gasteiger partial charge in [-0.1, -0.05) is 172 Å². The molecule has 0 saturated heterocycles. The van der Waals surface area contributed by atoms with E-state index in [1.165, 1.54) is 55.6 Å². The minimum atomic E-state index is -0.458. The van der Waals surface area contributed by atoms with Gasteiger partial charge in [0.1, 0.15) is 11.5 Å². The minimum Gasteiger partial charge on any atom is -0.457 e. The molecule has 0 spiro atoms. The Bertz CT molecular complexity index is 2600. The van der Waals surface area contributed by atoms with Crippen molar-refractivity contribution in [3.05, 3.63) is 234 Å². The van der Waals surface area contributed by atoms with E-state index in [1.807, 2.05) is 0 Å². The summed E-state index contributed by atoms with van der Waals surface area (Å²) in [6, 6.07) is 72.6. The van der Waals surface area contributed by atoms with E-state index in [4.69, 9.17) is 4.74 Å². The Morgan fingerprint density at radius 2 is 0.870 bits per heavy atom. The van der Waals surface area contributed by atoms with Gasteiger partial charge in [-0.15, -0.1) is 0 Å². The lowest BCUT2D eigenvalue weighted by Gasteiger charge is -2.39. The zero-order valence-corrected chi connectivity index (χ0v) is 30.4. The van der Waals surface area contributed by atoms with Crippen LogP contribution in [0.5, 0.6) is 11.5 Å². The number of fused-ring (bicyclic) bond motifs is 5. The van der Waals surface area contributed by atoms with E-state index in [9.17, 15) is 0 Å². The van der Waals surface area contributed by atoms with E-state index in [1.54, 1.807) is 0 Å². The van der Waals surface area contributed by atoms with Crippen LogP contribution in [0.15, 0.2) is 200 Å². The molecule has 2 aliphatic rings. The first-order valence-electron chi connectivity index (χ1n) is 18.8. The first-order chi connectivity index (χ1) is 26.5. The molecule has 1 aliphatic carbocycles. The molecule has 10 rings (SSSR count). The molecule has 0 N–H and O–H groups in total. The second-order valence-corrected chi connectivity index (χ2v) is 14.9. The average Bonchev–Trinajstić information content (AvgIpc) is 3.53. The fourth-order valence-corrected chi connectivity index (χ4v) is 9.18. The number of nitrogens with zero attached hydrogens (tertiary/aromatic N) is 1. The predicted molar refractivity (Wildman–Crippen MR) is 223 cm³/mol. The number of hydrogen-bond acceptors (Lipinski definition) is 2. The van der Waals surface area contributed by atoms with E-state index < -0.39 is 5.41 Å². The molecule has 0 saturated carbocycles. The Morgan fingerprint density at radius 3 is 1.52 bits per heavy atom. The first-order valence-corrected chi connectivity index (χ1v) is 18.8. The van der Waals surface area contributed by atoms with Crippen molar-refractivity contribution in [1.82, 2.24) is 0 Å². The van der Waals surface area contributed by atoms with Gasteiger partial charge in [0.2, 0.25) is 0 Å². The molecule has 2 nitrogen and oxygen atoms in total. The fraction of sp³-hybridized carbons (Fsp3) is 0.0769. The lowest BCUT2D eigenvalue weighted by Crippen LogP contribution is -2.29. The highest BCUT2D eigenvalue weighted by atomic mass is 16.5. The van der Waals surface area contributed by atoms with Gasteiger partial charge in [0.15, 0.2) is 0 Å². The molecule has 0 bridgehead atoms. The van der Waals surface area contributed by atoms with Crippen LogP contribution >= 0.6 is 0 Å². The molecule has 258 valence electrons. The largest absolute Gasteiger partial charge is 0.457 e. The smallest absolute Gasteiger partial charge is 0.133 e. The summed E-state index contributed by atoms with van der Waals surface area (Å²) in [6.07, 6.45) is 0. The van der Waals surface area contributed by atoms with Gasteiger partial charge in [-0.25, -0.2) is 0 Å². The summed E-state index contributed by atoms with van der Waals surface area (Å²) in [7, 11) is 0. The molecule has 0 unspecified atom stereocenters. The van der Waals surface area contributed by atoms with Crippen LogP contribution in [0.25, 0.3) is 22.3 Å². The molecule has 8 aromatic rings. The van der Waals surface area contributed by atoms with E-state index in [2.05, 4.69) is 219 Å². The predicted octanol–water partition coefficient (Wildman–Crippen LogP) is 13.6. The summed E-state index contributed by atoms with van der Waals surface area (Å²) in [5.74, 6) is 1.81. The van der Waals surface area contributed by atoms with Crippen molar-refractivity contribution in [2.75, 3.05) is 4.90 Å². The van der Waals surface area contributed by atoms with Crippen LogP contribution in [0.3, 0.4) is 0 Å². The highest BCUT2D eigenvalue weighted by Crippen LogP contribution is 2.57. The number of benzene rings is 8. The number of rotatable bonds is 6. The highest BCUT2D eigenvalue weighted by molar-refractivity contribution is 5.87. The first kappa shape index (κ1) is 32.0. The summed E-state index contributed by atoms with van der Waals surface area (Å²) in [5, 5.41) is 0. The Labute approximate surface area is 317 Å². The van der Waals surface area contributed by atoms with Gasteiger partial charge in [-0.2, -0.15) is 0 Å². The highest BCUT2D eigenvalue weighted by Gasteiger charge is 2.46. The van der Waals surface area contributed by atoms with Crippen molar-refractivity contribution in [2.24, 2.45) is 0 Å². The molecule has 2 heteroatoms. The van der Waals surface area contributed by atoms with E-state index in [0.717, 1.165) is 28.6 Å². The van der Waals surface area contributed by atoms with Gasteiger partial charge >= 0.3 is 0 Å². The second kappa shape index (κ2) is 12.5. The third kappa shape index (κ3) is 4.80. The van der Waals surface area contributed by atoms with Crippen LogP contribution in [0.4, 0.5) is 17.1 Å². The van der Waals surface area contributed by atoms with Crippen molar-refractivity contribution in [1.29, 1.82) is 0 Å². The molecule has 1 aliphatic heterocycles. The third-order valence-corrected chi connectivity index (χ3v) is 11.6. The lowest BCUT2D eigenvalue weighted by molar-refractivity contribution is 0.418. The van der Waals surface area contributed by atoms with Crippen LogP contribution in [-0.2, 0) is 10.8 Å². The number of ether oxygens (including phenoxy) is 1. The van der Waals surface area contributed by atoms with Gasteiger partial charge in [0, 0.05) is 27.9 Å². The Kier molecular flexibility index (Phi) is 7.42. The maximum atomic E-state index is 6.64. The maximum absolute atomic E-state index is 6.64. The van der Waals surface area contributed by atoms with Crippen molar-refractivity contribution in [3.63, 3.8) is 0 Å². The quantitative estimate of drug-likeness (QED) is 0.172. The lowest BCUT2D eigenvalue weighted by atomic mass is 9.67. The van der Waals surface area contributed by atoms with Crippen molar-refractivity contribution in [2.45, 2.75) is 24.7 Å². The Balaban J connectivity index is 1.17. The molecule has 0 fully saturated rings. The molecule has 8 aromatic carbocycles. The van der Waals surface area contributed by atoms with Gasteiger partial charge in [-0.05, 0) is 87.0 Å². The van der Waals surface area contributed by atoms with Gasteiger partial charge < -0.3 is 9.64 Å². The monoisotopic (exact) mass is 693 g/mol. The van der Waals surface area contributed by atoms with Crippen LogP contribution in [0, 0.1) is 0 Å².